The van der Waals surface area contributed by atoms with E-state index in [0.717, 1.165) is 24.3 Å². The first-order valence-electron chi connectivity index (χ1n) is 5.52. The van der Waals surface area contributed by atoms with Crippen molar-refractivity contribution in [3.63, 3.8) is 0 Å². The average molecular weight is 259 g/mol. The van der Waals surface area contributed by atoms with E-state index in [0.29, 0.717) is 10.3 Å². The zero-order chi connectivity index (χ0) is 13.6. The fourth-order valence-corrected chi connectivity index (χ4v) is 2.06. The highest BCUT2D eigenvalue weighted by molar-refractivity contribution is 6.52. The Bertz CT molecular complexity index is 721. The van der Waals surface area contributed by atoms with Gasteiger partial charge in [0.15, 0.2) is 0 Å². The molecule has 0 bridgehead atoms. The van der Waals surface area contributed by atoms with Gasteiger partial charge in [-0.1, -0.05) is 0 Å². The van der Waals surface area contributed by atoms with Crippen LogP contribution in [-0.4, -0.2) is 16.2 Å². The molecule has 0 aromatic heterocycles. The number of carbonyl (C=O) groups is 1. The number of fused-ring (bicyclic) bond motifs is 1. The van der Waals surface area contributed by atoms with Gasteiger partial charge in [0.05, 0.1) is 5.56 Å². The molecule has 1 aliphatic heterocycles. The summed E-state index contributed by atoms with van der Waals surface area (Å²) in [6.07, 6.45) is 0. The van der Waals surface area contributed by atoms with E-state index >= 15 is 0 Å². The number of benzene rings is 2. The molecule has 3 nitrogen and oxygen atoms in total. The Hall–Kier alpha value is -2.56. The van der Waals surface area contributed by atoms with Crippen LogP contribution in [0.4, 0.5) is 14.5 Å². The van der Waals surface area contributed by atoms with Gasteiger partial charge in [0.2, 0.25) is 5.69 Å². The van der Waals surface area contributed by atoms with Crippen molar-refractivity contribution in [3.8, 4) is 0 Å². The monoisotopic (exact) mass is 259 g/mol. The van der Waals surface area contributed by atoms with Crippen LogP contribution < -0.4 is 0 Å². The van der Waals surface area contributed by atoms with Crippen LogP contribution in [0, 0.1) is 16.8 Å². The molecular weight excluding hydrogens is 252 g/mol. The maximum absolute atomic E-state index is 13.1. The number of Topliss-reactive ketones (excluding diaryl/α,β-unsaturated/α-hetero) is 1. The van der Waals surface area contributed by atoms with E-state index in [1.54, 1.807) is 0 Å². The lowest BCUT2D eigenvalue weighted by Crippen LogP contribution is -2.16. The van der Waals surface area contributed by atoms with Gasteiger partial charge in [-0.3, -0.25) is 4.79 Å². The zero-order valence-corrected chi connectivity index (χ0v) is 9.56. The van der Waals surface area contributed by atoms with E-state index < -0.39 is 17.4 Å². The van der Waals surface area contributed by atoms with Gasteiger partial charge in [-0.15, -0.1) is 0 Å². The average Bonchev–Trinajstić information content (AvgIpc) is 2.63. The molecule has 19 heavy (non-hydrogen) atoms. The molecule has 0 saturated heterocycles. The van der Waals surface area contributed by atoms with Crippen LogP contribution in [0.3, 0.4) is 0 Å². The summed E-state index contributed by atoms with van der Waals surface area (Å²) in [6, 6.07) is 8.41. The fraction of sp³-hybridized carbons (Fsp3) is 0. The highest BCUT2D eigenvalue weighted by atomic mass is 19.1. The van der Waals surface area contributed by atoms with Crippen molar-refractivity contribution in [2.24, 2.45) is 0 Å². The van der Waals surface area contributed by atoms with Gasteiger partial charge in [0.1, 0.15) is 17.2 Å². The van der Waals surface area contributed by atoms with E-state index in [1.165, 1.54) is 18.2 Å². The number of hydrogen-bond acceptors (Lipinski definition) is 2. The van der Waals surface area contributed by atoms with Crippen molar-refractivity contribution < 1.29 is 18.3 Å². The van der Waals surface area contributed by atoms with E-state index in [-0.39, 0.29) is 17.0 Å². The Balaban J connectivity index is 2.18. The molecular formula is C14H7F2NO2. The van der Waals surface area contributed by atoms with Gasteiger partial charge in [0.25, 0.3) is 11.5 Å². The lowest BCUT2D eigenvalue weighted by molar-refractivity contribution is -0.355. The van der Waals surface area contributed by atoms with Gasteiger partial charge in [-0.05, 0) is 36.4 Å². The van der Waals surface area contributed by atoms with Gasteiger partial charge in [-0.2, -0.15) is 4.74 Å². The smallest absolute Gasteiger partial charge is 0.272 e. The molecule has 0 unspecified atom stereocenters. The summed E-state index contributed by atoms with van der Waals surface area (Å²) in [7, 11) is 0. The fourth-order valence-electron chi connectivity index (χ4n) is 2.06. The topological polar surface area (TPSA) is 43.1 Å². The first kappa shape index (κ1) is 11.5. The Morgan fingerprint density at radius 2 is 1.58 bits per heavy atom. The highest BCUT2D eigenvalue weighted by Gasteiger charge is 2.36. The molecule has 3 rings (SSSR count). The lowest BCUT2D eigenvalue weighted by atomic mass is 10.0. The van der Waals surface area contributed by atoms with Crippen molar-refractivity contribution in [2.45, 2.75) is 0 Å². The highest BCUT2D eigenvalue weighted by Crippen LogP contribution is 2.28. The van der Waals surface area contributed by atoms with Crippen molar-refractivity contribution in [3.05, 3.63) is 70.4 Å². The maximum Gasteiger partial charge on any atom is 0.272 e. The molecule has 0 radical (unpaired) electrons. The summed E-state index contributed by atoms with van der Waals surface area (Å²) in [5, 5.41) is 12.0. The molecule has 0 saturated carbocycles. The second kappa shape index (κ2) is 3.98. The van der Waals surface area contributed by atoms with Gasteiger partial charge < -0.3 is 5.21 Å². The minimum Gasteiger partial charge on any atom is -0.618 e. The number of carbonyl (C=O) groups excluding carboxylic acids is 1. The molecule has 0 atom stereocenters. The molecule has 1 aliphatic rings. The molecule has 2 aromatic rings. The third-order valence-electron chi connectivity index (χ3n) is 2.96. The molecule has 0 spiro atoms. The molecule has 0 aliphatic carbocycles. The number of rotatable bonds is 1. The first-order chi connectivity index (χ1) is 9.08. The van der Waals surface area contributed by atoms with Crippen LogP contribution in [0.2, 0.25) is 0 Å². The minimum atomic E-state index is -0.590. The Morgan fingerprint density at radius 3 is 2.26 bits per heavy atom. The van der Waals surface area contributed by atoms with Crippen LogP contribution in [0.15, 0.2) is 42.5 Å². The summed E-state index contributed by atoms with van der Waals surface area (Å²) >= 11 is 0. The van der Waals surface area contributed by atoms with Crippen LogP contribution in [0.25, 0.3) is 0 Å². The van der Waals surface area contributed by atoms with Crippen LogP contribution in [-0.2, 0) is 0 Å². The van der Waals surface area contributed by atoms with Crippen LogP contribution in [0.1, 0.15) is 15.9 Å². The third kappa shape index (κ3) is 1.71. The Morgan fingerprint density at radius 1 is 0.947 bits per heavy atom. The molecule has 0 N–H and O–H groups in total. The second-order valence-corrected chi connectivity index (χ2v) is 4.14. The summed E-state index contributed by atoms with van der Waals surface area (Å²) in [6.45, 7) is 0. The molecule has 94 valence electrons. The summed E-state index contributed by atoms with van der Waals surface area (Å²) in [5.74, 6) is -1.54. The number of hydrogen-bond donors (Lipinski definition) is 0. The predicted molar refractivity (Wildman–Crippen MR) is 64.5 cm³/mol. The molecule has 0 fully saturated rings. The number of ketones is 1. The summed E-state index contributed by atoms with van der Waals surface area (Å²) in [5.41, 5.74) is 0.304. The van der Waals surface area contributed by atoms with Crippen molar-refractivity contribution >= 4 is 17.2 Å². The molecule has 5 heteroatoms. The van der Waals surface area contributed by atoms with Gasteiger partial charge in [0, 0.05) is 6.07 Å². The largest absolute Gasteiger partial charge is 0.618 e. The summed E-state index contributed by atoms with van der Waals surface area (Å²) in [4.78, 5) is 12.1. The third-order valence-corrected chi connectivity index (χ3v) is 2.96. The van der Waals surface area contributed by atoms with Crippen LogP contribution >= 0.6 is 0 Å². The van der Waals surface area contributed by atoms with Crippen molar-refractivity contribution in [2.75, 3.05) is 0 Å². The van der Waals surface area contributed by atoms with Gasteiger partial charge in [-0.25, -0.2) is 8.78 Å². The van der Waals surface area contributed by atoms with E-state index in [2.05, 4.69) is 0 Å². The zero-order valence-electron chi connectivity index (χ0n) is 9.56. The quantitative estimate of drug-likeness (QED) is 0.583. The predicted octanol–water partition coefficient (Wildman–Crippen LogP) is 2.79. The van der Waals surface area contributed by atoms with Crippen LogP contribution in [0.5, 0.6) is 0 Å². The SMILES string of the molecule is O=C1C(c2ccc(F)cc2)=[N+]([O-])c2cc(F)ccc21. The van der Waals surface area contributed by atoms with E-state index in [1.807, 2.05) is 0 Å². The Kier molecular flexibility index (Phi) is 2.41. The van der Waals surface area contributed by atoms with Gasteiger partial charge >= 0.3 is 0 Å². The summed E-state index contributed by atoms with van der Waals surface area (Å²) < 4.78 is 26.3. The standard InChI is InChI=1S/C14H7F2NO2/c15-9-3-1-8(2-4-9)13-14(18)11-6-5-10(16)7-12(11)17(13)19/h1-7H. The lowest BCUT2D eigenvalue weighted by Gasteiger charge is -2.01. The maximum atomic E-state index is 13.1. The Labute approximate surface area is 107 Å². The normalized spacial score (nSPS) is 13.9. The second-order valence-electron chi connectivity index (χ2n) is 4.14. The van der Waals surface area contributed by atoms with Crippen molar-refractivity contribution in [1.29, 1.82) is 0 Å². The minimum absolute atomic E-state index is 0.0238. The molecule has 2 aromatic carbocycles. The van der Waals surface area contributed by atoms with E-state index in [4.69, 9.17) is 0 Å². The number of nitrogens with zero attached hydrogens (tertiary/aromatic N) is 1. The molecule has 0 amide bonds. The molecule has 1 heterocycles. The van der Waals surface area contributed by atoms with Crippen molar-refractivity contribution in [1.82, 2.24) is 0 Å². The van der Waals surface area contributed by atoms with E-state index in [9.17, 15) is 18.8 Å². The first-order valence-corrected chi connectivity index (χ1v) is 5.52. The number of halogens is 2.